The highest BCUT2D eigenvalue weighted by Gasteiger charge is 2.24. The van der Waals surface area contributed by atoms with Gasteiger partial charge in [0, 0.05) is 18.0 Å². The molecule has 1 aliphatic rings. The van der Waals surface area contributed by atoms with Crippen LogP contribution in [0, 0.1) is 0 Å². The van der Waals surface area contributed by atoms with E-state index in [1.165, 1.54) is 11.1 Å². The molecule has 0 amide bonds. The molecule has 1 aromatic rings. The molecule has 88 valence electrons. The number of nitrogens with one attached hydrogen (secondary N) is 1. The summed E-state index contributed by atoms with van der Waals surface area (Å²) in [6, 6.07) is 7.00. The summed E-state index contributed by atoms with van der Waals surface area (Å²) in [7, 11) is 2.02. The molecule has 1 heterocycles. The SMILES string of the molecule is CNC1CC(C)Oc2ccc(C(C)C)cc21. The second kappa shape index (κ2) is 4.46. The molecule has 0 radical (unpaired) electrons. The minimum atomic E-state index is 0.301. The highest BCUT2D eigenvalue weighted by Crippen LogP contribution is 2.36. The lowest BCUT2D eigenvalue weighted by Crippen LogP contribution is -2.29. The van der Waals surface area contributed by atoms with Crippen LogP contribution < -0.4 is 10.1 Å². The monoisotopic (exact) mass is 219 g/mol. The summed E-state index contributed by atoms with van der Waals surface area (Å²) >= 11 is 0. The topological polar surface area (TPSA) is 21.3 Å². The Kier molecular flexibility index (Phi) is 3.20. The minimum Gasteiger partial charge on any atom is -0.490 e. The Balaban J connectivity index is 2.39. The normalized spacial score (nSPS) is 24.1. The van der Waals surface area contributed by atoms with Crippen LogP contribution in [0.15, 0.2) is 18.2 Å². The van der Waals surface area contributed by atoms with E-state index in [1.54, 1.807) is 0 Å². The first kappa shape index (κ1) is 11.5. The predicted octanol–water partition coefficient (Wildman–Crippen LogP) is 3.24. The van der Waals surface area contributed by atoms with Crippen LogP contribution in [-0.4, -0.2) is 13.2 Å². The smallest absolute Gasteiger partial charge is 0.124 e. The minimum absolute atomic E-state index is 0.301. The summed E-state index contributed by atoms with van der Waals surface area (Å²) in [6.07, 6.45) is 1.35. The van der Waals surface area contributed by atoms with Crippen molar-refractivity contribution < 1.29 is 4.74 Å². The van der Waals surface area contributed by atoms with Gasteiger partial charge in [-0.2, -0.15) is 0 Å². The third-order valence-electron chi connectivity index (χ3n) is 3.32. The van der Waals surface area contributed by atoms with Gasteiger partial charge in [-0.25, -0.2) is 0 Å². The molecule has 0 spiro atoms. The van der Waals surface area contributed by atoms with Gasteiger partial charge in [-0.05, 0) is 31.5 Å². The zero-order valence-corrected chi connectivity index (χ0v) is 10.6. The molecule has 1 N–H and O–H groups in total. The van der Waals surface area contributed by atoms with E-state index in [4.69, 9.17) is 4.74 Å². The molecule has 0 aromatic heterocycles. The van der Waals surface area contributed by atoms with Gasteiger partial charge in [0.15, 0.2) is 0 Å². The van der Waals surface area contributed by atoms with E-state index in [0.29, 0.717) is 18.1 Å². The van der Waals surface area contributed by atoms with Gasteiger partial charge in [-0.1, -0.05) is 26.0 Å². The Hall–Kier alpha value is -1.02. The zero-order chi connectivity index (χ0) is 11.7. The Morgan fingerprint density at radius 2 is 2.12 bits per heavy atom. The number of hydrogen-bond acceptors (Lipinski definition) is 2. The fourth-order valence-electron chi connectivity index (χ4n) is 2.30. The summed E-state index contributed by atoms with van der Waals surface area (Å²) in [5.74, 6) is 1.62. The second-order valence-electron chi connectivity index (χ2n) is 4.96. The van der Waals surface area contributed by atoms with Crippen LogP contribution in [0.4, 0.5) is 0 Å². The molecule has 0 saturated carbocycles. The van der Waals surface area contributed by atoms with Gasteiger partial charge in [-0.3, -0.25) is 0 Å². The van der Waals surface area contributed by atoms with Crippen molar-refractivity contribution in [2.24, 2.45) is 0 Å². The number of hydrogen-bond donors (Lipinski definition) is 1. The highest BCUT2D eigenvalue weighted by atomic mass is 16.5. The van der Waals surface area contributed by atoms with Crippen molar-refractivity contribution in [1.82, 2.24) is 5.32 Å². The first-order valence-electron chi connectivity index (χ1n) is 6.09. The first-order chi connectivity index (χ1) is 7.61. The quantitative estimate of drug-likeness (QED) is 0.824. The third kappa shape index (κ3) is 2.07. The average Bonchev–Trinajstić information content (AvgIpc) is 2.27. The molecule has 2 nitrogen and oxygen atoms in total. The maximum atomic E-state index is 5.86. The molecule has 0 saturated heterocycles. The van der Waals surface area contributed by atoms with Crippen LogP contribution >= 0.6 is 0 Å². The fraction of sp³-hybridized carbons (Fsp3) is 0.571. The molecule has 2 unspecified atom stereocenters. The molecular formula is C14H21NO. The van der Waals surface area contributed by atoms with Gasteiger partial charge in [0.05, 0.1) is 6.10 Å². The summed E-state index contributed by atoms with van der Waals surface area (Å²) < 4.78 is 5.86. The van der Waals surface area contributed by atoms with Gasteiger partial charge in [0.2, 0.25) is 0 Å². The number of fused-ring (bicyclic) bond motifs is 1. The molecule has 0 bridgehead atoms. The number of ether oxygens (including phenoxy) is 1. The molecule has 16 heavy (non-hydrogen) atoms. The zero-order valence-electron chi connectivity index (χ0n) is 10.6. The molecule has 2 heteroatoms. The molecular weight excluding hydrogens is 198 g/mol. The lowest BCUT2D eigenvalue weighted by atomic mass is 9.92. The summed E-state index contributed by atoms with van der Waals surface area (Å²) in [5, 5.41) is 3.38. The summed E-state index contributed by atoms with van der Waals surface area (Å²) in [6.45, 7) is 6.58. The van der Waals surface area contributed by atoms with E-state index in [1.807, 2.05) is 7.05 Å². The van der Waals surface area contributed by atoms with E-state index in [-0.39, 0.29) is 0 Å². The van der Waals surface area contributed by atoms with Crippen molar-refractivity contribution in [2.45, 2.75) is 45.3 Å². The molecule has 0 fully saturated rings. The van der Waals surface area contributed by atoms with Crippen molar-refractivity contribution in [1.29, 1.82) is 0 Å². The van der Waals surface area contributed by atoms with Crippen LogP contribution in [0.5, 0.6) is 5.75 Å². The van der Waals surface area contributed by atoms with Gasteiger partial charge >= 0.3 is 0 Å². The lowest BCUT2D eigenvalue weighted by Gasteiger charge is -2.31. The van der Waals surface area contributed by atoms with Crippen LogP contribution in [-0.2, 0) is 0 Å². The van der Waals surface area contributed by atoms with Crippen LogP contribution in [0.1, 0.15) is 50.3 Å². The van der Waals surface area contributed by atoms with E-state index >= 15 is 0 Å². The van der Waals surface area contributed by atoms with Gasteiger partial charge in [0.25, 0.3) is 0 Å². The second-order valence-corrected chi connectivity index (χ2v) is 4.96. The van der Waals surface area contributed by atoms with Gasteiger partial charge < -0.3 is 10.1 Å². The Morgan fingerprint density at radius 3 is 2.75 bits per heavy atom. The molecule has 1 aromatic carbocycles. The maximum Gasteiger partial charge on any atom is 0.124 e. The standard InChI is InChI=1S/C14H21NO/c1-9(2)11-5-6-14-12(8-11)13(15-4)7-10(3)16-14/h5-6,8-10,13,15H,7H2,1-4H3. The van der Waals surface area contributed by atoms with Crippen LogP contribution in [0.3, 0.4) is 0 Å². The maximum absolute atomic E-state index is 5.86. The van der Waals surface area contributed by atoms with Crippen molar-refractivity contribution in [2.75, 3.05) is 7.05 Å². The third-order valence-corrected chi connectivity index (χ3v) is 3.32. The summed E-state index contributed by atoms with van der Waals surface area (Å²) in [4.78, 5) is 0. The predicted molar refractivity (Wildman–Crippen MR) is 67.0 cm³/mol. The van der Waals surface area contributed by atoms with Crippen molar-refractivity contribution >= 4 is 0 Å². The van der Waals surface area contributed by atoms with Crippen molar-refractivity contribution in [3.63, 3.8) is 0 Å². The fourth-order valence-corrected chi connectivity index (χ4v) is 2.30. The van der Waals surface area contributed by atoms with Gasteiger partial charge in [0.1, 0.15) is 5.75 Å². The molecule has 2 rings (SSSR count). The highest BCUT2D eigenvalue weighted by molar-refractivity contribution is 5.42. The molecule has 2 atom stereocenters. The first-order valence-corrected chi connectivity index (χ1v) is 6.09. The van der Waals surface area contributed by atoms with Gasteiger partial charge in [-0.15, -0.1) is 0 Å². The largest absolute Gasteiger partial charge is 0.490 e. The molecule has 1 aliphatic heterocycles. The summed E-state index contributed by atoms with van der Waals surface area (Å²) in [5.41, 5.74) is 2.70. The number of rotatable bonds is 2. The van der Waals surface area contributed by atoms with Crippen LogP contribution in [0.25, 0.3) is 0 Å². The van der Waals surface area contributed by atoms with E-state index in [0.717, 1.165) is 12.2 Å². The number of benzene rings is 1. The Labute approximate surface area is 98.0 Å². The molecule has 0 aliphatic carbocycles. The average molecular weight is 219 g/mol. The van der Waals surface area contributed by atoms with E-state index in [2.05, 4.69) is 44.3 Å². The van der Waals surface area contributed by atoms with Crippen molar-refractivity contribution in [3.05, 3.63) is 29.3 Å². The van der Waals surface area contributed by atoms with Crippen molar-refractivity contribution in [3.8, 4) is 5.75 Å². The van der Waals surface area contributed by atoms with E-state index < -0.39 is 0 Å². The van der Waals surface area contributed by atoms with E-state index in [9.17, 15) is 0 Å². The van der Waals surface area contributed by atoms with Crippen LogP contribution in [0.2, 0.25) is 0 Å². The Bertz CT molecular complexity index is 373. The lowest BCUT2D eigenvalue weighted by molar-refractivity contribution is 0.169. The Morgan fingerprint density at radius 1 is 1.38 bits per heavy atom.